The topological polar surface area (TPSA) is 9.23 Å². The zero-order valence-corrected chi connectivity index (χ0v) is 11.4. The minimum atomic E-state index is 0. The Morgan fingerprint density at radius 1 is 0.917 bits per heavy atom. The van der Waals surface area contributed by atoms with Gasteiger partial charge in [0, 0.05) is 29.6 Å². The molecule has 0 amide bonds. The molecule has 0 aliphatic rings. The average Bonchev–Trinajstić information content (AvgIpc) is 1.87. The number of hydrogen-bond donors (Lipinski definition) is 0. The molecule has 0 heterocycles. The van der Waals surface area contributed by atoms with Crippen LogP contribution in [-0.4, -0.2) is 41.8 Å². The maximum atomic E-state index is 5.73. The standard InChI is InChI=1S/C10H22O.Na/c1-5-7-9(3)11-10(4)8-6-2;/h9-10H,5-8H2,1-4H3;. The molecular formula is C10H22NaO. The van der Waals surface area contributed by atoms with Crippen LogP contribution in [0, 0.1) is 0 Å². The van der Waals surface area contributed by atoms with Gasteiger partial charge in [0.05, 0.1) is 12.2 Å². The van der Waals surface area contributed by atoms with E-state index in [9.17, 15) is 0 Å². The van der Waals surface area contributed by atoms with Crippen molar-refractivity contribution in [2.24, 2.45) is 0 Å². The van der Waals surface area contributed by atoms with Gasteiger partial charge < -0.3 is 4.74 Å². The van der Waals surface area contributed by atoms with Crippen LogP contribution >= 0.6 is 0 Å². The summed E-state index contributed by atoms with van der Waals surface area (Å²) in [7, 11) is 0. The van der Waals surface area contributed by atoms with Crippen LogP contribution < -0.4 is 0 Å². The largest absolute Gasteiger partial charge is 0.376 e. The Labute approximate surface area is 99.6 Å². The molecular weight excluding hydrogens is 159 g/mol. The molecule has 2 unspecified atom stereocenters. The van der Waals surface area contributed by atoms with Crippen molar-refractivity contribution < 1.29 is 4.74 Å². The molecule has 0 aromatic rings. The van der Waals surface area contributed by atoms with Crippen LogP contribution in [0.15, 0.2) is 0 Å². The molecule has 0 fully saturated rings. The molecule has 0 aromatic heterocycles. The van der Waals surface area contributed by atoms with Gasteiger partial charge in [-0.05, 0) is 26.7 Å². The van der Waals surface area contributed by atoms with E-state index in [1.165, 1.54) is 25.7 Å². The van der Waals surface area contributed by atoms with Crippen molar-refractivity contribution in [3.63, 3.8) is 0 Å². The molecule has 2 atom stereocenters. The molecule has 0 saturated heterocycles. The van der Waals surface area contributed by atoms with Crippen LogP contribution in [0.2, 0.25) is 0 Å². The van der Waals surface area contributed by atoms with Crippen LogP contribution in [0.25, 0.3) is 0 Å². The van der Waals surface area contributed by atoms with Crippen molar-refractivity contribution >= 4 is 29.6 Å². The van der Waals surface area contributed by atoms with Crippen LogP contribution in [-0.2, 0) is 4.74 Å². The Bertz CT molecular complexity index is 75.9. The Morgan fingerprint density at radius 2 is 1.25 bits per heavy atom. The first-order valence-electron chi connectivity index (χ1n) is 4.86. The van der Waals surface area contributed by atoms with E-state index in [1.54, 1.807) is 0 Å². The second-order valence-corrected chi connectivity index (χ2v) is 3.33. The predicted octanol–water partition coefficient (Wildman–Crippen LogP) is 3.00. The minimum Gasteiger partial charge on any atom is -0.376 e. The van der Waals surface area contributed by atoms with Gasteiger partial charge in [0.25, 0.3) is 0 Å². The van der Waals surface area contributed by atoms with E-state index in [-0.39, 0.29) is 29.6 Å². The SMILES string of the molecule is CCCC(C)OC(C)CCC.[Na]. The molecule has 0 spiro atoms. The quantitative estimate of drug-likeness (QED) is 0.572. The summed E-state index contributed by atoms with van der Waals surface area (Å²) in [5, 5.41) is 0. The fourth-order valence-corrected chi connectivity index (χ4v) is 1.35. The third-order valence-corrected chi connectivity index (χ3v) is 1.86. The maximum absolute atomic E-state index is 5.73. The van der Waals surface area contributed by atoms with Gasteiger partial charge in [0.15, 0.2) is 0 Å². The maximum Gasteiger partial charge on any atom is 0.0550 e. The number of hydrogen-bond acceptors (Lipinski definition) is 1. The molecule has 0 rings (SSSR count). The molecule has 0 aromatic carbocycles. The van der Waals surface area contributed by atoms with Crippen molar-refractivity contribution in [2.45, 2.75) is 65.6 Å². The van der Waals surface area contributed by atoms with Crippen molar-refractivity contribution in [2.75, 3.05) is 0 Å². The summed E-state index contributed by atoms with van der Waals surface area (Å²) in [6.07, 6.45) is 5.71. The second-order valence-electron chi connectivity index (χ2n) is 3.33. The normalized spacial score (nSPS) is 15.0. The summed E-state index contributed by atoms with van der Waals surface area (Å²) in [5.41, 5.74) is 0. The van der Waals surface area contributed by atoms with Gasteiger partial charge in [-0.3, -0.25) is 0 Å². The van der Waals surface area contributed by atoms with Crippen molar-refractivity contribution in [1.29, 1.82) is 0 Å². The summed E-state index contributed by atoms with van der Waals surface area (Å²) in [6.45, 7) is 8.72. The third-order valence-electron chi connectivity index (χ3n) is 1.86. The predicted molar refractivity (Wildman–Crippen MR) is 55.6 cm³/mol. The summed E-state index contributed by atoms with van der Waals surface area (Å²) in [4.78, 5) is 0. The summed E-state index contributed by atoms with van der Waals surface area (Å²) < 4.78 is 5.73. The Morgan fingerprint density at radius 3 is 1.50 bits per heavy atom. The average molecular weight is 181 g/mol. The van der Waals surface area contributed by atoms with E-state index >= 15 is 0 Å². The molecule has 0 N–H and O–H groups in total. The Hall–Kier alpha value is 0.960. The van der Waals surface area contributed by atoms with Gasteiger partial charge in [-0.1, -0.05) is 26.7 Å². The molecule has 2 heteroatoms. The molecule has 69 valence electrons. The number of rotatable bonds is 6. The number of ether oxygens (including phenoxy) is 1. The van der Waals surface area contributed by atoms with E-state index in [0.29, 0.717) is 12.2 Å². The van der Waals surface area contributed by atoms with Crippen LogP contribution in [0.4, 0.5) is 0 Å². The first kappa shape index (κ1) is 15.4. The fraction of sp³-hybridized carbons (Fsp3) is 1.00. The molecule has 0 aliphatic heterocycles. The smallest absolute Gasteiger partial charge is 0.0550 e. The van der Waals surface area contributed by atoms with E-state index in [4.69, 9.17) is 4.74 Å². The van der Waals surface area contributed by atoms with Gasteiger partial charge in [0.2, 0.25) is 0 Å². The Kier molecular flexibility index (Phi) is 12.9. The van der Waals surface area contributed by atoms with Crippen molar-refractivity contribution in [3.05, 3.63) is 0 Å². The molecule has 1 radical (unpaired) electrons. The second kappa shape index (κ2) is 10.0. The van der Waals surface area contributed by atoms with Crippen LogP contribution in [0.1, 0.15) is 53.4 Å². The molecule has 12 heavy (non-hydrogen) atoms. The Balaban J connectivity index is 0. The molecule has 0 aliphatic carbocycles. The summed E-state index contributed by atoms with van der Waals surface area (Å²) >= 11 is 0. The first-order chi connectivity index (χ1) is 5.20. The molecule has 0 bridgehead atoms. The van der Waals surface area contributed by atoms with Gasteiger partial charge >= 0.3 is 0 Å². The summed E-state index contributed by atoms with van der Waals surface area (Å²) in [5.74, 6) is 0. The third kappa shape index (κ3) is 9.05. The van der Waals surface area contributed by atoms with Gasteiger partial charge in [0.1, 0.15) is 0 Å². The van der Waals surface area contributed by atoms with E-state index < -0.39 is 0 Å². The van der Waals surface area contributed by atoms with Crippen LogP contribution in [0.3, 0.4) is 0 Å². The van der Waals surface area contributed by atoms with E-state index in [1.807, 2.05) is 0 Å². The molecule has 1 nitrogen and oxygen atoms in total. The zero-order chi connectivity index (χ0) is 8.69. The summed E-state index contributed by atoms with van der Waals surface area (Å²) in [6, 6.07) is 0. The van der Waals surface area contributed by atoms with E-state index in [2.05, 4.69) is 27.7 Å². The monoisotopic (exact) mass is 181 g/mol. The van der Waals surface area contributed by atoms with Crippen molar-refractivity contribution in [1.82, 2.24) is 0 Å². The minimum absolute atomic E-state index is 0. The first-order valence-corrected chi connectivity index (χ1v) is 4.86. The molecule has 0 saturated carbocycles. The van der Waals surface area contributed by atoms with E-state index in [0.717, 1.165) is 0 Å². The van der Waals surface area contributed by atoms with Gasteiger partial charge in [-0.2, -0.15) is 0 Å². The van der Waals surface area contributed by atoms with Crippen LogP contribution in [0.5, 0.6) is 0 Å². The van der Waals surface area contributed by atoms with Crippen molar-refractivity contribution in [3.8, 4) is 0 Å². The zero-order valence-electron chi connectivity index (χ0n) is 9.39. The fourth-order valence-electron chi connectivity index (χ4n) is 1.35. The van der Waals surface area contributed by atoms with Gasteiger partial charge in [-0.25, -0.2) is 0 Å². The van der Waals surface area contributed by atoms with Gasteiger partial charge in [-0.15, -0.1) is 0 Å².